The minimum atomic E-state index is -0.391. The number of ether oxygens (including phenoxy) is 2. The first-order valence-corrected chi connectivity index (χ1v) is 14.2. The summed E-state index contributed by atoms with van der Waals surface area (Å²) < 4.78 is 11.4. The van der Waals surface area contributed by atoms with Crippen LogP contribution < -0.4 is 15.5 Å². The quantitative estimate of drug-likeness (QED) is 0.260. The standard InChI is InChI=1S/C30H36N6O4/c1-2-12-35(19-20-6-7-20)13-18-40-22-10-8-21(9-11-22)27-26-28(33-32-27)23-4-3-5-24(25(23)29(26)37)31-30(38)34-36-14-16-39-17-15-36/h3-5,8-11,20H,2,6-7,12-19H2,1H3,(H,32,33)(H2,31,34,38). The fourth-order valence-corrected chi connectivity index (χ4v) is 5.45. The van der Waals surface area contributed by atoms with Gasteiger partial charge in [0.25, 0.3) is 0 Å². The number of carbonyl (C=O) groups excluding carboxylic acids is 2. The van der Waals surface area contributed by atoms with Crippen molar-refractivity contribution in [3.8, 4) is 28.3 Å². The van der Waals surface area contributed by atoms with E-state index in [0.717, 1.165) is 42.3 Å². The molecule has 3 N–H and O–H groups in total. The van der Waals surface area contributed by atoms with Crippen molar-refractivity contribution in [1.29, 1.82) is 0 Å². The lowest BCUT2D eigenvalue weighted by molar-refractivity contribution is 0.0207. The zero-order valence-electron chi connectivity index (χ0n) is 22.9. The number of nitrogens with one attached hydrogen (secondary N) is 3. The van der Waals surface area contributed by atoms with Crippen molar-refractivity contribution in [2.24, 2.45) is 5.92 Å². The van der Waals surface area contributed by atoms with Gasteiger partial charge in [0.1, 0.15) is 18.1 Å². The molecule has 0 spiro atoms. The van der Waals surface area contributed by atoms with Gasteiger partial charge in [0.15, 0.2) is 5.78 Å². The number of urea groups is 1. The minimum absolute atomic E-state index is 0.164. The molecule has 2 amide bonds. The molecule has 3 aromatic rings. The molecule has 2 aliphatic carbocycles. The van der Waals surface area contributed by atoms with Crippen LogP contribution in [0, 0.1) is 5.92 Å². The first-order valence-electron chi connectivity index (χ1n) is 14.2. The van der Waals surface area contributed by atoms with Crippen LogP contribution in [0.4, 0.5) is 10.5 Å². The summed E-state index contributed by atoms with van der Waals surface area (Å²) in [5, 5.41) is 12.2. The normalized spacial score (nSPS) is 16.6. The highest BCUT2D eigenvalue weighted by Crippen LogP contribution is 2.43. The predicted molar refractivity (Wildman–Crippen MR) is 152 cm³/mol. The van der Waals surface area contributed by atoms with Gasteiger partial charge in [-0.05, 0) is 62.1 Å². The number of hydrogen-bond donors (Lipinski definition) is 3. The van der Waals surface area contributed by atoms with Crippen LogP contribution in [0.5, 0.6) is 5.75 Å². The van der Waals surface area contributed by atoms with Crippen molar-refractivity contribution in [1.82, 2.24) is 25.5 Å². The Labute approximate surface area is 234 Å². The van der Waals surface area contributed by atoms with E-state index in [0.29, 0.717) is 61.1 Å². The number of benzene rings is 2. The predicted octanol–water partition coefficient (Wildman–Crippen LogP) is 4.16. The Morgan fingerprint density at radius 3 is 2.67 bits per heavy atom. The average Bonchev–Trinajstić information content (AvgIpc) is 3.59. The van der Waals surface area contributed by atoms with Gasteiger partial charge in [-0.2, -0.15) is 5.10 Å². The Morgan fingerprint density at radius 1 is 1.12 bits per heavy atom. The zero-order valence-corrected chi connectivity index (χ0v) is 22.9. The van der Waals surface area contributed by atoms with E-state index in [9.17, 15) is 9.59 Å². The highest BCUT2D eigenvalue weighted by atomic mass is 16.5. The van der Waals surface area contributed by atoms with Gasteiger partial charge >= 0.3 is 6.03 Å². The maximum Gasteiger partial charge on any atom is 0.333 e. The summed E-state index contributed by atoms with van der Waals surface area (Å²) in [6, 6.07) is 12.8. The summed E-state index contributed by atoms with van der Waals surface area (Å²) in [5.41, 5.74) is 7.08. The Morgan fingerprint density at radius 2 is 1.93 bits per heavy atom. The summed E-state index contributed by atoms with van der Waals surface area (Å²) in [4.78, 5) is 28.8. The van der Waals surface area contributed by atoms with Crippen LogP contribution in [0.3, 0.4) is 0 Å². The number of H-pyrrole nitrogens is 1. The van der Waals surface area contributed by atoms with E-state index in [-0.39, 0.29) is 5.78 Å². The van der Waals surface area contributed by atoms with Crippen LogP contribution >= 0.6 is 0 Å². The fraction of sp³-hybridized carbons (Fsp3) is 0.433. The van der Waals surface area contributed by atoms with Crippen molar-refractivity contribution in [2.75, 3.05) is 57.9 Å². The summed E-state index contributed by atoms with van der Waals surface area (Å²) in [5.74, 6) is 1.50. The number of rotatable bonds is 11. The summed E-state index contributed by atoms with van der Waals surface area (Å²) in [6.07, 6.45) is 3.86. The number of carbonyl (C=O) groups is 2. The van der Waals surface area contributed by atoms with E-state index >= 15 is 0 Å². The molecule has 10 nitrogen and oxygen atoms in total. The van der Waals surface area contributed by atoms with Crippen molar-refractivity contribution in [3.63, 3.8) is 0 Å². The van der Waals surface area contributed by atoms with E-state index < -0.39 is 6.03 Å². The zero-order chi connectivity index (χ0) is 27.5. The van der Waals surface area contributed by atoms with Crippen LogP contribution in [0.1, 0.15) is 42.1 Å². The van der Waals surface area contributed by atoms with Crippen LogP contribution in [-0.4, -0.2) is 84.5 Å². The van der Waals surface area contributed by atoms with E-state index in [1.54, 1.807) is 11.1 Å². The second kappa shape index (κ2) is 11.8. The van der Waals surface area contributed by atoms with Crippen molar-refractivity contribution >= 4 is 17.5 Å². The molecule has 40 heavy (non-hydrogen) atoms. The molecular formula is C30H36N6O4. The number of hydrogen-bond acceptors (Lipinski definition) is 7. The van der Waals surface area contributed by atoms with Gasteiger partial charge in [0.05, 0.1) is 35.7 Å². The number of nitrogens with zero attached hydrogens (tertiary/aromatic N) is 3. The van der Waals surface area contributed by atoms with Gasteiger partial charge in [-0.15, -0.1) is 0 Å². The number of aromatic amines is 1. The molecule has 2 fully saturated rings. The average molecular weight is 545 g/mol. The minimum Gasteiger partial charge on any atom is -0.492 e. The number of morpholine rings is 1. The molecule has 0 radical (unpaired) electrons. The van der Waals surface area contributed by atoms with Crippen LogP contribution in [0.2, 0.25) is 0 Å². The van der Waals surface area contributed by atoms with Gasteiger partial charge in [0, 0.05) is 37.3 Å². The van der Waals surface area contributed by atoms with Gasteiger partial charge < -0.3 is 14.8 Å². The molecule has 1 aromatic heterocycles. The Balaban J connectivity index is 1.12. The lowest BCUT2D eigenvalue weighted by Crippen LogP contribution is -2.49. The molecule has 0 bridgehead atoms. The van der Waals surface area contributed by atoms with E-state index in [4.69, 9.17) is 9.47 Å². The smallest absolute Gasteiger partial charge is 0.333 e. The molecule has 3 aliphatic rings. The number of amides is 2. The second-order valence-electron chi connectivity index (χ2n) is 10.7. The van der Waals surface area contributed by atoms with Crippen molar-refractivity contribution < 1.29 is 19.1 Å². The van der Waals surface area contributed by atoms with Crippen molar-refractivity contribution in [2.45, 2.75) is 26.2 Å². The number of fused-ring (bicyclic) bond motifs is 3. The monoisotopic (exact) mass is 544 g/mol. The molecule has 6 rings (SSSR count). The topological polar surface area (TPSA) is 112 Å². The first kappa shape index (κ1) is 26.5. The van der Waals surface area contributed by atoms with Gasteiger partial charge in [-0.3, -0.25) is 20.2 Å². The van der Waals surface area contributed by atoms with Gasteiger partial charge in [-0.25, -0.2) is 9.80 Å². The van der Waals surface area contributed by atoms with E-state index in [1.165, 1.54) is 19.4 Å². The Bertz CT molecular complexity index is 1360. The van der Waals surface area contributed by atoms with E-state index in [2.05, 4.69) is 32.8 Å². The molecule has 1 aliphatic heterocycles. The summed E-state index contributed by atoms with van der Waals surface area (Å²) >= 11 is 0. The number of hydrazine groups is 1. The molecule has 210 valence electrons. The highest BCUT2D eigenvalue weighted by Gasteiger charge is 2.35. The number of anilines is 1. The van der Waals surface area contributed by atoms with Crippen LogP contribution in [0.25, 0.3) is 22.5 Å². The lowest BCUT2D eigenvalue weighted by Gasteiger charge is -2.27. The molecule has 1 saturated heterocycles. The summed E-state index contributed by atoms with van der Waals surface area (Å²) in [6.45, 7) is 8.42. The van der Waals surface area contributed by atoms with Crippen LogP contribution in [-0.2, 0) is 4.74 Å². The second-order valence-corrected chi connectivity index (χ2v) is 10.7. The number of aromatic nitrogens is 2. The van der Waals surface area contributed by atoms with Crippen LogP contribution in [0.15, 0.2) is 42.5 Å². The fourth-order valence-electron chi connectivity index (χ4n) is 5.45. The Kier molecular flexibility index (Phi) is 7.81. The lowest BCUT2D eigenvalue weighted by atomic mass is 10.0. The van der Waals surface area contributed by atoms with E-state index in [1.807, 2.05) is 36.4 Å². The molecule has 0 unspecified atom stereocenters. The third-order valence-electron chi connectivity index (χ3n) is 7.63. The molecular weight excluding hydrogens is 508 g/mol. The largest absolute Gasteiger partial charge is 0.492 e. The number of ketones is 1. The first-order chi connectivity index (χ1) is 19.6. The summed E-state index contributed by atoms with van der Waals surface area (Å²) in [7, 11) is 0. The third kappa shape index (κ3) is 5.74. The van der Waals surface area contributed by atoms with Gasteiger partial charge in [0.2, 0.25) is 0 Å². The Hall–Kier alpha value is -3.73. The van der Waals surface area contributed by atoms with Gasteiger partial charge in [-0.1, -0.05) is 19.1 Å². The molecule has 1 saturated carbocycles. The maximum absolute atomic E-state index is 13.7. The maximum atomic E-state index is 13.7. The molecule has 0 atom stereocenters. The SMILES string of the molecule is CCCN(CCOc1ccc(-c2n[nH]c3c2C(=O)c2c(NC(=O)NN4CCOCC4)cccc2-3)cc1)CC1CC1. The molecule has 2 aromatic carbocycles. The third-order valence-corrected chi connectivity index (χ3v) is 7.63. The molecule has 10 heteroatoms. The van der Waals surface area contributed by atoms with Crippen molar-refractivity contribution in [3.05, 3.63) is 53.6 Å². The highest BCUT2D eigenvalue weighted by molar-refractivity contribution is 6.26. The molecule has 2 heterocycles.